The molecule has 0 saturated carbocycles. The van der Waals surface area contributed by atoms with E-state index in [1.165, 1.54) is 17.5 Å². The van der Waals surface area contributed by atoms with Crippen LogP contribution in [-0.4, -0.2) is 12.6 Å². The Balaban J connectivity index is 1.64. The van der Waals surface area contributed by atoms with Gasteiger partial charge in [-0.3, -0.25) is 0 Å². The van der Waals surface area contributed by atoms with E-state index < -0.39 is 0 Å². The monoisotopic (exact) mass is 285 g/mol. The van der Waals surface area contributed by atoms with E-state index in [-0.39, 0.29) is 0 Å². The van der Waals surface area contributed by atoms with Crippen molar-refractivity contribution in [2.24, 2.45) is 0 Å². The van der Waals surface area contributed by atoms with Crippen molar-refractivity contribution >= 4 is 12.6 Å². The van der Waals surface area contributed by atoms with E-state index in [4.69, 9.17) is 0 Å². The second-order valence-corrected chi connectivity index (χ2v) is 5.83. The first-order chi connectivity index (χ1) is 9.74. The van der Waals surface area contributed by atoms with Crippen molar-refractivity contribution in [1.82, 2.24) is 5.32 Å². The van der Waals surface area contributed by atoms with Crippen LogP contribution < -0.4 is 5.32 Å². The van der Waals surface area contributed by atoms with Crippen LogP contribution in [0.1, 0.15) is 24.5 Å². The Morgan fingerprint density at radius 2 is 1.65 bits per heavy atom. The van der Waals surface area contributed by atoms with Crippen molar-refractivity contribution in [3.63, 3.8) is 0 Å². The molecule has 1 N–H and O–H groups in total. The van der Waals surface area contributed by atoms with E-state index in [1.54, 1.807) is 0 Å². The van der Waals surface area contributed by atoms with E-state index in [2.05, 4.69) is 79.5 Å². The van der Waals surface area contributed by atoms with Crippen LogP contribution in [0.2, 0.25) is 0 Å². The lowest BCUT2D eigenvalue weighted by atomic mass is 10.1. The summed E-state index contributed by atoms with van der Waals surface area (Å²) in [5.74, 6) is 0. The van der Waals surface area contributed by atoms with Crippen molar-refractivity contribution < 1.29 is 0 Å². The minimum atomic E-state index is 0.525. The minimum Gasteiger partial charge on any atom is -0.314 e. The molecule has 0 aliphatic rings. The first-order valence-corrected chi connectivity index (χ1v) is 7.74. The van der Waals surface area contributed by atoms with Gasteiger partial charge in [0.1, 0.15) is 0 Å². The van der Waals surface area contributed by atoms with E-state index in [1.807, 2.05) is 0 Å². The van der Waals surface area contributed by atoms with E-state index in [0.717, 1.165) is 24.3 Å². The number of hydrogen-bond acceptors (Lipinski definition) is 2. The fourth-order valence-corrected chi connectivity index (χ4v) is 2.49. The van der Waals surface area contributed by atoms with Gasteiger partial charge in [0.2, 0.25) is 0 Å². The van der Waals surface area contributed by atoms with Crippen LogP contribution in [0.3, 0.4) is 0 Å². The lowest BCUT2D eigenvalue weighted by molar-refractivity contribution is 0.534. The molecule has 1 atom stereocenters. The molecule has 0 bridgehead atoms. The minimum absolute atomic E-state index is 0.525. The van der Waals surface area contributed by atoms with Crippen LogP contribution in [0.4, 0.5) is 0 Å². The SMILES string of the molecule is CC(Cc1ccccc1)NCCCc1ccc(S)cc1. The molecule has 0 fully saturated rings. The Kier molecular flexibility index (Phi) is 6.16. The maximum Gasteiger partial charge on any atom is 0.00791 e. The molecule has 0 aliphatic carbocycles. The van der Waals surface area contributed by atoms with Gasteiger partial charge in [-0.15, -0.1) is 12.6 Å². The lowest BCUT2D eigenvalue weighted by Gasteiger charge is -2.13. The van der Waals surface area contributed by atoms with Crippen LogP contribution in [0.5, 0.6) is 0 Å². The molecule has 1 nitrogen and oxygen atoms in total. The Labute approximate surface area is 127 Å². The van der Waals surface area contributed by atoms with E-state index in [0.29, 0.717) is 6.04 Å². The molecule has 0 heterocycles. The van der Waals surface area contributed by atoms with Gasteiger partial charge in [0.25, 0.3) is 0 Å². The number of hydrogen-bond donors (Lipinski definition) is 2. The largest absolute Gasteiger partial charge is 0.314 e. The summed E-state index contributed by atoms with van der Waals surface area (Å²) in [7, 11) is 0. The van der Waals surface area contributed by atoms with Gasteiger partial charge in [-0.2, -0.15) is 0 Å². The van der Waals surface area contributed by atoms with Crippen LogP contribution in [0, 0.1) is 0 Å². The fraction of sp³-hybridized carbons (Fsp3) is 0.333. The summed E-state index contributed by atoms with van der Waals surface area (Å²) in [6.45, 7) is 3.32. The molecule has 106 valence electrons. The molecule has 2 aromatic rings. The Morgan fingerprint density at radius 1 is 0.950 bits per heavy atom. The third-order valence-corrected chi connectivity index (χ3v) is 3.75. The normalized spacial score (nSPS) is 12.3. The second-order valence-electron chi connectivity index (χ2n) is 5.31. The summed E-state index contributed by atoms with van der Waals surface area (Å²) in [5.41, 5.74) is 2.79. The average Bonchev–Trinajstić information content (AvgIpc) is 2.46. The van der Waals surface area contributed by atoms with Crippen molar-refractivity contribution in [3.05, 3.63) is 65.7 Å². The maximum atomic E-state index is 4.30. The average molecular weight is 285 g/mol. The molecule has 2 rings (SSSR count). The molecule has 0 amide bonds. The molecule has 2 heteroatoms. The summed E-state index contributed by atoms with van der Waals surface area (Å²) in [6.07, 6.45) is 3.39. The number of benzene rings is 2. The van der Waals surface area contributed by atoms with Crippen LogP contribution in [0.15, 0.2) is 59.5 Å². The molecular formula is C18H23NS. The Bertz CT molecular complexity index is 493. The van der Waals surface area contributed by atoms with Crippen molar-refractivity contribution in [2.45, 2.75) is 37.1 Å². The summed E-state index contributed by atoms with van der Waals surface area (Å²) in [6, 6.07) is 19.6. The zero-order valence-corrected chi connectivity index (χ0v) is 12.9. The molecular weight excluding hydrogens is 262 g/mol. The molecule has 2 aromatic carbocycles. The fourth-order valence-electron chi connectivity index (χ4n) is 2.34. The molecule has 20 heavy (non-hydrogen) atoms. The third kappa shape index (κ3) is 5.40. The third-order valence-electron chi connectivity index (χ3n) is 3.46. The number of thiol groups is 1. The van der Waals surface area contributed by atoms with Gasteiger partial charge >= 0.3 is 0 Å². The predicted octanol–water partition coefficient (Wildman–Crippen LogP) is 4.13. The molecule has 0 aromatic heterocycles. The second kappa shape index (κ2) is 8.13. The van der Waals surface area contributed by atoms with Crippen LogP contribution in [0.25, 0.3) is 0 Å². The number of nitrogens with one attached hydrogen (secondary N) is 1. The van der Waals surface area contributed by atoms with Gasteiger partial charge < -0.3 is 5.32 Å². The number of aryl methyl sites for hydroxylation is 1. The summed E-state index contributed by atoms with van der Waals surface area (Å²) in [4.78, 5) is 1.03. The molecule has 0 spiro atoms. The zero-order valence-electron chi connectivity index (χ0n) is 12.0. The van der Waals surface area contributed by atoms with Gasteiger partial charge in [-0.1, -0.05) is 42.5 Å². The van der Waals surface area contributed by atoms with Crippen molar-refractivity contribution in [3.8, 4) is 0 Å². The zero-order chi connectivity index (χ0) is 14.2. The highest BCUT2D eigenvalue weighted by Gasteiger charge is 2.02. The summed E-state index contributed by atoms with van der Waals surface area (Å²) in [5, 5.41) is 3.60. The van der Waals surface area contributed by atoms with Crippen LogP contribution in [-0.2, 0) is 12.8 Å². The summed E-state index contributed by atoms with van der Waals surface area (Å²) >= 11 is 4.30. The highest BCUT2D eigenvalue weighted by Crippen LogP contribution is 2.09. The first-order valence-electron chi connectivity index (χ1n) is 7.29. The standard InChI is InChI=1S/C18H23NS/c1-15(14-17-6-3-2-4-7-17)19-13-5-8-16-9-11-18(20)12-10-16/h2-4,6-7,9-12,15,19-20H,5,8,13-14H2,1H3. The topological polar surface area (TPSA) is 12.0 Å². The maximum absolute atomic E-state index is 4.30. The molecule has 0 saturated heterocycles. The predicted molar refractivity (Wildman–Crippen MR) is 89.6 cm³/mol. The van der Waals surface area contributed by atoms with Crippen LogP contribution >= 0.6 is 12.6 Å². The smallest absolute Gasteiger partial charge is 0.00791 e. The lowest BCUT2D eigenvalue weighted by Crippen LogP contribution is -2.29. The molecule has 0 radical (unpaired) electrons. The van der Waals surface area contributed by atoms with Gasteiger partial charge in [-0.25, -0.2) is 0 Å². The highest BCUT2D eigenvalue weighted by atomic mass is 32.1. The van der Waals surface area contributed by atoms with E-state index >= 15 is 0 Å². The van der Waals surface area contributed by atoms with E-state index in [9.17, 15) is 0 Å². The highest BCUT2D eigenvalue weighted by molar-refractivity contribution is 7.80. The van der Waals surface area contributed by atoms with Gasteiger partial charge in [0, 0.05) is 10.9 Å². The summed E-state index contributed by atoms with van der Waals surface area (Å²) < 4.78 is 0. The van der Waals surface area contributed by atoms with Gasteiger partial charge in [0.05, 0.1) is 0 Å². The Morgan fingerprint density at radius 3 is 2.35 bits per heavy atom. The van der Waals surface area contributed by atoms with Crippen molar-refractivity contribution in [2.75, 3.05) is 6.54 Å². The molecule has 1 unspecified atom stereocenters. The van der Waals surface area contributed by atoms with Gasteiger partial charge in [0.15, 0.2) is 0 Å². The first kappa shape index (κ1) is 15.1. The number of rotatable bonds is 7. The van der Waals surface area contributed by atoms with Gasteiger partial charge in [-0.05, 0) is 56.0 Å². The quantitative estimate of drug-likeness (QED) is 0.576. The van der Waals surface area contributed by atoms with Crippen molar-refractivity contribution in [1.29, 1.82) is 0 Å². The molecule has 0 aliphatic heterocycles. The Hall–Kier alpha value is -1.25.